The van der Waals surface area contributed by atoms with Gasteiger partial charge in [-0.15, -0.1) is 0 Å². The Bertz CT molecular complexity index is 794. The molecule has 29 heavy (non-hydrogen) atoms. The van der Waals surface area contributed by atoms with Crippen molar-refractivity contribution in [2.45, 2.75) is 69.8 Å². The number of ketones is 2. The number of hydrogen-bond donors (Lipinski definition) is 3. The Kier molecular flexibility index (Phi) is 4.64. The summed E-state index contributed by atoms with van der Waals surface area (Å²) in [7, 11) is 0. The topological polar surface area (TPSA) is 104 Å². The van der Waals surface area contributed by atoms with E-state index in [2.05, 4.69) is 22.5 Å². The number of carbonyl (C=O) groups excluding carboxylic acids is 2. The molecule has 3 saturated carbocycles. The highest BCUT2D eigenvalue weighted by atomic mass is 79.9. The number of Topliss-reactive ketones (excluding diaryl/α,β-unsaturated/α-hetero) is 2. The molecule has 2 aliphatic heterocycles. The van der Waals surface area contributed by atoms with Crippen molar-refractivity contribution in [3.63, 3.8) is 0 Å². The molecule has 3 N–H and O–H groups in total. The van der Waals surface area contributed by atoms with Gasteiger partial charge in [-0.3, -0.25) is 9.59 Å². The second-order valence-electron chi connectivity index (χ2n) is 10.4. The highest BCUT2D eigenvalue weighted by Crippen LogP contribution is 2.73. The van der Waals surface area contributed by atoms with Crippen LogP contribution in [0.15, 0.2) is 12.2 Å². The molecule has 162 valence electrons. The molecule has 0 radical (unpaired) electrons. The lowest BCUT2D eigenvalue weighted by Gasteiger charge is -2.74. The molecule has 0 aromatic rings. The molecule has 2 unspecified atom stereocenters. The summed E-state index contributed by atoms with van der Waals surface area (Å²) in [4.78, 5) is 26.5. The van der Waals surface area contributed by atoms with Crippen LogP contribution >= 0.6 is 15.9 Å². The molecular weight excluding hydrogens is 440 g/mol. The van der Waals surface area contributed by atoms with E-state index >= 15 is 0 Å². The Labute approximate surface area is 179 Å². The third-order valence-electron chi connectivity index (χ3n) is 8.69. The summed E-state index contributed by atoms with van der Waals surface area (Å²) in [6, 6.07) is 0. The number of aliphatic hydroxyl groups is 3. The highest BCUT2D eigenvalue weighted by molar-refractivity contribution is 9.10. The Balaban J connectivity index is 2.02. The summed E-state index contributed by atoms with van der Waals surface area (Å²) in [6.07, 6.45) is -1.20. The quantitative estimate of drug-likeness (QED) is 0.421. The van der Waals surface area contributed by atoms with Crippen LogP contribution in [0.5, 0.6) is 0 Å². The normalized spacial score (nSPS) is 53.2. The van der Waals surface area contributed by atoms with E-state index in [-0.39, 0.29) is 12.4 Å². The number of carbonyl (C=O) groups is 2. The molecule has 6 nitrogen and oxygen atoms in total. The first-order valence-corrected chi connectivity index (χ1v) is 11.3. The molecule has 0 aromatic heterocycles. The molecule has 5 aliphatic rings. The molecule has 0 amide bonds. The van der Waals surface area contributed by atoms with Crippen LogP contribution in [0.25, 0.3) is 0 Å². The summed E-state index contributed by atoms with van der Waals surface area (Å²) in [5, 5.41) is 34.7. The van der Waals surface area contributed by atoms with E-state index in [0.29, 0.717) is 24.8 Å². The third-order valence-corrected chi connectivity index (χ3v) is 9.43. The van der Waals surface area contributed by atoms with Crippen molar-refractivity contribution in [2.24, 2.45) is 34.0 Å². The number of halogens is 1. The molecular formula is C22H31BrO6. The molecule has 2 saturated heterocycles. The summed E-state index contributed by atoms with van der Waals surface area (Å²) in [5.74, 6) is -4.41. The monoisotopic (exact) mass is 470 g/mol. The zero-order valence-corrected chi connectivity index (χ0v) is 19.0. The Morgan fingerprint density at radius 3 is 2.38 bits per heavy atom. The highest BCUT2D eigenvalue weighted by Gasteiger charge is 2.85. The van der Waals surface area contributed by atoms with E-state index in [0.717, 1.165) is 0 Å². The fourth-order valence-corrected chi connectivity index (χ4v) is 8.95. The van der Waals surface area contributed by atoms with Crippen LogP contribution in [-0.4, -0.2) is 56.3 Å². The molecule has 0 aromatic carbocycles. The van der Waals surface area contributed by atoms with Gasteiger partial charge in [0.25, 0.3) is 0 Å². The number of rotatable bonds is 2. The predicted octanol–water partition coefficient (Wildman–Crippen LogP) is 1.98. The van der Waals surface area contributed by atoms with Crippen LogP contribution in [-0.2, 0) is 14.3 Å². The second-order valence-corrected chi connectivity index (χ2v) is 11.5. The fraction of sp³-hybridized carbons (Fsp3) is 0.818. The van der Waals surface area contributed by atoms with Gasteiger partial charge >= 0.3 is 0 Å². The van der Waals surface area contributed by atoms with Crippen LogP contribution in [0.3, 0.4) is 0 Å². The molecule has 2 heterocycles. The van der Waals surface area contributed by atoms with Crippen molar-refractivity contribution >= 4 is 27.5 Å². The van der Waals surface area contributed by atoms with E-state index in [1.807, 2.05) is 13.8 Å². The van der Waals surface area contributed by atoms with Gasteiger partial charge in [0, 0.05) is 11.8 Å². The zero-order valence-electron chi connectivity index (χ0n) is 17.4. The first-order valence-electron chi connectivity index (χ1n) is 10.4. The van der Waals surface area contributed by atoms with Crippen LogP contribution in [0.2, 0.25) is 0 Å². The minimum atomic E-state index is -2.25. The van der Waals surface area contributed by atoms with Gasteiger partial charge in [-0.25, -0.2) is 0 Å². The van der Waals surface area contributed by atoms with Crippen molar-refractivity contribution in [2.75, 3.05) is 6.61 Å². The maximum absolute atomic E-state index is 13.7. The fourth-order valence-electron chi connectivity index (χ4n) is 7.69. The van der Waals surface area contributed by atoms with E-state index in [9.17, 15) is 24.9 Å². The first kappa shape index (κ1) is 21.6. The van der Waals surface area contributed by atoms with E-state index in [4.69, 9.17) is 4.74 Å². The maximum Gasteiger partial charge on any atom is 0.208 e. The average Bonchev–Trinajstić information content (AvgIpc) is 2.60. The molecule has 7 heteroatoms. The zero-order chi connectivity index (χ0) is 21.7. The van der Waals surface area contributed by atoms with Crippen LogP contribution < -0.4 is 0 Å². The number of ether oxygens (including phenoxy) is 1. The van der Waals surface area contributed by atoms with Gasteiger partial charge in [0.1, 0.15) is 17.3 Å². The predicted molar refractivity (Wildman–Crippen MR) is 109 cm³/mol. The van der Waals surface area contributed by atoms with Gasteiger partial charge in [-0.2, -0.15) is 0 Å². The molecule has 5 fully saturated rings. The average molecular weight is 471 g/mol. The lowest BCUT2D eigenvalue weighted by Crippen LogP contribution is -2.87. The second kappa shape index (κ2) is 6.22. The lowest BCUT2D eigenvalue weighted by atomic mass is 9.34. The van der Waals surface area contributed by atoms with Gasteiger partial charge in [-0.05, 0) is 44.4 Å². The van der Waals surface area contributed by atoms with E-state index in [1.165, 1.54) is 6.92 Å². The van der Waals surface area contributed by atoms with Crippen molar-refractivity contribution in [3.05, 3.63) is 12.2 Å². The SMILES string of the molecule is C=C(C)[C@@H]1CC[C@@H]2C(C(C)=O)([C@@H]1O)[C@@]1(O)OC[C@]23C(=O)C(Br)CC(C)(C)[C@H]3[C@@H]1O. The van der Waals surface area contributed by atoms with Gasteiger partial charge < -0.3 is 20.1 Å². The first-order chi connectivity index (χ1) is 13.3. The molecule has 1 spiro atoms. The number of alkyl halides is 1. The molecule has 5 rings (SSSR count). The Morgan fingerprint density at radius 1 is 1.21 bits per heavy atom. The summed E-state index contributed by atoms with van der Waals surface area (Å²) in [5.41, 5.74) is -2.69. The maximum atomic E-state index is 13.7. The minimum absolute atomic E-state index is 0.0558. The number of aliphatic hydroxyl groups excluding tert-OH is 2. The van der Waals surface area contributed by atoms with Crippen molar-refractivity contribution in [1.29, 1.82) is 0 Å². The van der Waals surface area contributed by atoms with Crippen LogP contribution in [0.4, 0.5) is 0 Å². The van der Waals surface area contributed by atoms with Crippen molar-refractivity contribution in [3.8, 4) is 0 Å². The standard InChI is InChI=1S/C22H31BrO6/c1-10(2)12-6-7-14-20-9-29-22(28,21(14,11(3)24)16(12)25)18(27)15(20)19(4,5)8-13(23)17(20)26/h12-16,18,25,27-28H,1,6-9H2,2-5H3/t12-,13?,14-,15+,16+,18-,20-,21?,22-/m0/s1. The van der Waals surface area contributed by atoms with E-state index < -0.39 is 62.6 Å². The summed E-state index contributed by atoms with van der Waals surface area (Å²) < 4.78 is 5.83. The third kappa shape index (κ3) is 2.21. The van der Waals surface area contributed by atoms with Crippen LogP contribution in [0, 0.1) is 34.0 Å². The Hall–Kier alpha value is -0.600. The number of hydrogen-bond acceptors (Lipinski definition) is 6. The molecule has 2 bridgehead atoms. The van der Waals surface area contributed by atoms with Crippen LogP contribution in [0.1, 0.15) is 47.0 Å². The smallest absolute Gasteiger partial charge is 0.208 e. The molecule has 9 atom stereocenters. The number of fused-ring (bicyclic) bond motifs is 1. The van der Waals surface area contributed by atoms with Crippen molar-refractivity contribution < 1.29 is 29.6 Å². The van der Waals surface area contributed by atoms with Gasteiger partial charge in [0.2, 0.25) is 5.79 Å². The Morgan fingerprint density at radius 2 is 1.83 bits per heavy atom. The largest absolute Gasteiger partial charge is 0.391 e. The lowest BCUT2D eigenvalue weighted by molar-refractivity contribution is -0.441. The summed E-state index contributed by atoms with van der Waals surface area (Å²) >= 11 is 3.53. The minimum Gasteiger partial charge on any atom is -0.391 e. The van der Waals surface area contributed by atoms with E-state index in [1.54, 1.807) is 6.92 Å². The summed E-state index contributed by atoms with van der Waals surface area (Å²) in [6.45, 7) is 11.0. The van der Waals surface area contributed by atoms with Gasteiger partial charge in [0.15, 0.2) is 5.78 Å². The van der Waals surface area contributed by atoms with Gasteiger partial charge in [-0.1, -0.05) is 41.9 Å². The molecule has 3 aliphatic carbocycles. The van der Waals surface area contributed by atoms with Crippen molar-refractivity contribution in [1.82, 2.24) is 0 Å². The van der Waals surface area contributed by atoms with Gasteiger partial charge in [0.05, 0.1) is 23.0 Å².